The molecule has 0 amide bonds. The van der Waals surface area contributed by atoms with Crippen LogP contribution in [0.3, 0.4) is 0 Å². The zero-order chi connectivity index (χ0) is 14.7. The van der Waals surface area contributed by atoms with E-state index in [1.54, 1.807) is 0 Å². The van der Waals surface area contributed by atoms with E-state index in [1.165, 1.54) is 6.92 Å². The normalized spacial score (nSPS) is 11.7. The summed E-state index contributed by atoms with van der Waals surface area (Å²) in [6.45, 7) is 5.85. The summed E-state index contributed by atoms with van der Waals surface area (Å²) < 4.78 is 9.90. The van der Waals surface area contributed by atoms with E-state index in [2.05, 4.69) is 0 Å². The second-order valence-electron chi connectivity index (χ2n) is 4.46. The zero-order valence-electron chi connectivity index (χ0n) is 12.1. The van der Waals surface area contributed by atoms with Gasteiger partial charge in [0.25, 0.3) is 0 Å². The lowest BCUT2D eigenvalue weighted by Crippen LogP contribution is -2.28. The van der Waals surface area contributed by atoms with Crippen molar-refractivity contribution < 1.29 is 23.9 Å². The summed E-state index contributed by atoms with van der Waals surface area (Å²) in [7, 11) is 0. The van der Waals surface area contributed by atoms with Gasteiger partial charge in [0, 0.05) is 0 Å². The van der Waals surface area contributed by atoms with Crippen LogP contribution >= 0.6 is 0 Å². The minimum Gasteiger partial charge on any atom is -0.466 e. The Morgan fingerprint density at radius 3 is 1.95 bits per heavy atom. The number of ketones is 1. The molecule has 0 aliphatic rings. The Morgan fingerprint density at radius 1 is 0.947 bits per heavy atom. The number of unbranched alkanes of at least 4 members (excludes halogenated alkanes) is 2. The van der Waals surface area contributed by atoms with Crippen LogP contribution in [0, 0.1) is 5.92 Å². The van der Waals surface area contributed by atoms with E-state index in [4.69, 9.17) is 9.47 Å². The average molecular weight is 272 g/mol. The number of hydrogen-bond acceptors (Lipinski definition) is 5. The van der Waals surface area contributed by atoms with Crippen molar-refractivity contribution in [3.8, 4) is 0 Å². The lowest BCUT2D eigenvalue weighted by Gasteiger charge is -2.12. The first-order valence-corrected chi connectivity index (χ1v) is 6.85. The third kappa shape index (κ3) is 8.35. The topological polar surface area (TPSA) is 69.7 Å². The van der Waals surface area contributed by atoms with Gasteiger partial charge < -0.3 is 9.47 Å². The molecule has 0 aliphatic carbocycles. The van der Waals surface area contributed by atoms with E-state index in [9.17, 15) is 14.4 Å². The summed E-state index contributed by atoms with van der Waals surface area (Å²) in [6.07, 6.45) is 3.11. The number of carbonyl (C=O) groups is 3. The van der Waals surface area contributed by atoms with Crippen LogP contribution < -0.4 is 0 Å². The zero-order valence-corrected chi connectivity index (χ0v) is 12.1. The summed E-state index contributed by atoms with van der Waals surface area (Å²) in [4.78, 5) is 34.5. The Bertz CT molecular complexity index is 298. The quantitative estimate of drug-likeness (QED) is 0.346. The molecule has 5 nitrogen and oxygen atoms in total. The van der Waals surface area contributed by atoms with E-state index >= 15 is 0 Å². The summed E-state index contributed by atoms with van der Waals surface area (Å²) in [5.41, 5.74) is 0. The fraction of sp³-hybridized carbons (Fsp3) is 0.786. The molecule has 110 valence electrons. The van der Waals surface area contributed by atoms with E-state index in [-0.39, 0.29) is 18.8 Å². The van der Waals surface area contributed by atoms with Crippen LogP contribution in [0.25, 0.3) is 0 Å². The molecule has 0 saturated carbocycles. The van der Waals surface area contributed by atoms with Crippen LogP contribution in [-0.4, -0.2) is 30.9 Å². The van der Waals surface area contributed by atoms with Crippen LogP contribution in [0.1, 0.15) is 52.9 Å². The van der Waals surface area contributed by atoms with Crippen LogP contribution in [0.2, 0.25) is 0 Å². The van der Waals surface area contributed by atoms with Crippen LogP contribution in [0.4, 0.5) is 0 Å². The van der Waals surface area contributed by atoms with Crippen molar-refractivity contribution in [1.82, 2.24) is 0 Å². The van der Waals surface area contributed by atoms with Gasteiger partial charge >= 0.3 is 11.9 Å². The molecule has 5 heteroatoms. The van der Waals surface area contributed by atoms with Crippen molar-refractivity contribution in [2.75, 3.05) is 13.2 Å². The Hall–Kier alpha value is -1.39. The molecule has 0 aromatic rings. The van der Waals surface area contributed by atoms with Crippen molar-refractivity contribution in [3.05, 3.63) is 0 Å². The first-order valence-electron chi connectivity index (χ1n) is 6.85. The minimum atomic E-state index is -1.04. The van der Waals surface area contributed by atoms with Crippen LogP contribution in [-0.2, 0) is 23.9 Å². The molecular formula is C14H24O5. The van der Waals surface area contributed by atoms with Crippen molar-refractivity contribution in [2.24, 2.45) is 5.92 Å². The summed E-state index contributed by atoms with van der Waals surface area (Å²) in [5.74, 6) is -2.56. The highest BCUT2D eigenvalue weighted by molar-refractivity contribution is 6.00. The minimum absolute atomic E-state index is 0.232. The predicted molar refractivity (Wildman–Crippen MR) is 70.5 cm³/mol. The molecule has 0 aromatic carbocycles. The standard InChI is InChI=1S/C14H24O5/c1-4-6-8-18-13(16)10-12(11(3)15)14(17)19-9-7-5-2/h12H,4-10H2,1-3H3. The lowest BCUT2D eigenvalue weighted by molar-refractivity contribution is -0.158. The van der Waals surface area contributed by atoms with Gasteiger partial charge in [0.15, 0.2) is 0 Å². The molecule has 19 heavy (non-hydrogen) atoms. The Balaban J connectivity index is 4.20. The Labute approximate surface area is 114 Å². The third-order valence-electron chi connectivity index (χ3n) is 2.65. The highest BCUT2D eigenvalue weighted by Gasteiger charge is 2.28. The fourth-order valence-electron chi connectivity index (χ4n) is 1.37. The summed E-state index contributed by atoms with van der Waals surface area (Å²) in [6, 6.07) is 0. The van der Waals surface area contributed by atoms with Gasteiger partial charge in [-0.15, -0.1) is 0 Å². The third-order valence-corrected chi connectivity index (χ3v) is 2.65. The number of carbonyl (C=O) groups excluding carboxylic acids is 3. The Morgan fingerprint density at radius 2 is 1.47 bits per heavy atom. The van der Waals surface area contributed by atoms with Crippen molar-refractivity contribution >= 4 is 17.7 Å². The van der Waals surface area contributed by atoms with Crippen LogP contribution in [0.5, 0.6) is 0 Å². The number of esters is 2. The fourth-order valence-corrected chi connectivity index (χ4v) is 1.37. The molecule has 0 rings (SSSR count). The molecule has 0 N–H and O–H groups in total. The molecular weight excluding hydrogens is 248 g/mol. The summed E-state index contributed by atoms with van der Waals surface area (Å²) >= 11 is 0. The molecule has 0 aliphatic heterocycles. The van der Waals surface area contributed by atoms with E-state index in [0.29, 0.717) is 6.61 Å². The number of hydrogen-bond donors (Lipinski definition) is 0. The molecule has 0 heterocycles. The number of Topliss-reactive ketones (excluding diaryl/α,β-unsaturated/α-hetero) is 1. The van der Waals surface area contributed by atoms with Crippen LogP contribution in [0.15, 0.2) is 0 Å². The first kappa shape index (κ1) is 17.6. The highest BCUT2D eigenvalue weighted by Crippen LogP contribution is 2.10. The maximum absolute atomic E-state index is 11.7. The van der Waals surface area contributed by atoms with Gasteiger partial charge in [0.2, 0.25) is 0 Å². The Kier molecular flexibility index (Phi) is 9.75. The number of rotatable bonds is 10. The molecule has 0 fully saturated rings. The second kappa shape index (κ2) is 10.5. The summed E-state index contributed by atoms with van der Waals surface area (Å²) in [5, 5.41) is 0. The van der Waals surface area contributed by atoms with Gasteiger partial charge in [-0.25, -0.2) is 0 Å². The number of ether oxygens (including phenoxy) is 2. The lowest BCUT2D eigenvalue weighted by atomic mass is 10.0. The van der Waals surface area contributed by atoms with Gasteiger partial charge in [0.05, 0.1) is 19.6 Å². The maximum atomic E-state index is 11.7. The van der Waals surface area contributed by atoms with E-state index < -0.39 is 17.9 Å². The van der Waals surface area contributed by atoms with Gasteiger partial charge in [-0.05, 0) is 19.8 Å². The van der Waals surface area contributed by atoms with Crippen molar-refractivity contribution in [2.45, 2.75) is 52.9 Å². The monoisotopic (exact) mass is 272 g/mol. The van der Waals surface area contributed by atoms with Gasteiger partial charge in [-0.2, -0.15) is 0 Å². The van der Waals surface area contributed by atoms with E-state index in [0.717, 1.165) is 25.7 Å². The molecule has 0 saturated heterocycles. The molecule has 1 unspecified atom stereocenters. The first-order chi connectivity index (χ1) is 9.02. The second-order valence-corrected chi connectivity index (χ2v) is 4.46. The molecule has 1 atom stereocenters. The average Bonchev–Trinajstić information content (AvgIpc) is 2.36. The molecule has 0 radical (unpaired) electrons. The molecule has 0 aromatic heterocycles. The largest absolute Gasteiger partial charge is 0.466 e. The smallest absolute Gasteiger partial charge is 0.317 e. The van der Waals surface area contributed by atoms with Gasteiger partial charge in [-0.1, -0.05) is 26.7 Å². The predicted octanol–water partition coefficient (Wildman–Crippen LogP) is 2.27. The van der Waals surface area contributed by atoms with Crippen molar-refractivity contribution in [1.29, 1.82) is 0 Å². The maximum Gasteiger partial charge on any atom is 0.317 e. The molecule has 0 bridgehead atoms. The SMILES string of the molecule is CCCCOC(=O)CC(C(C)=O)C(=O)OCCCC. The highest BCUT2D eigenvalue weighted by atomic mass is 16.5. The van der Waals surface area contributed by atoms with Gasteiger partial charge in [0.1, 0.15) is 11.7 Å². The van der Waals surface area contributed by atoms with Crippen molar-refractivity contribution in [3.63, 3.8) is 0 Å². The van der Waals surface area contributed by atoms with Gasteiger partial charge in [-0.3, -0.25) is 14.4 Å². The molecule has 0 spiro atoms. The van der Waals surface area contributed by atoms with E-state index in [1.807, 2.05) is 13.8 Å².